The normalized spacial score (nSPS) is 15.0. The maximum Gasteiger partial charge on any atom is 0.416 e. The third-order valence-electron chi connectivity index (χ3n) is 17.0. The molecule has 8 aromatic carbocycles. The molecule has 8 aromatic rings. The molecule has 1 atom stereocenters. The van der Waals surface area contributed by atoms with E-state index >= 15 is 8.78 Å². The Labute approximate surface area is 603 Å². The fraction of sp³-hybridized carbons (Fsp3) is 0.274. The Bertz CT molecular complexity index is 4090. The van der Waals surface area contributed by atoms with Crippen molar-refractivity contribution in [2.75, 3.05) is 6.61 Å². The molecule has 0 spiro atoms. The predicted molar refractivity (Wildman–Crippen MR) is 341 cm³/mol. The van der Waals surface area contributed by atoms with Crippen molar-refractivity contribution in [3.8, 4) is 0 Å². The molecule has 0 aromatic heterocycles. The zero-order valence-corrected chi connectivity index (χ0v) is 58.6. The first kappa shape index (κ1) is 85.7. The summed E-state index contributed by atoms with van der Waals surface area (Å²) in [6.07, 6.45) is -29.0. The van der Waals surface area contributed by atoms with E-state index in [-0.39, 0.29) is 44.2 Å². The number of hydrogen-bond donors (Lipinski definition) is 0. The Balaban J connectivity index is 0.000000269. The van der Waals surface area contributed by atoms with Crippen molar-refractivity contribution in [2.24, 2.45) is 10.4 Å². The molecule has 1 saturated carbocycles. The molecule has 1 aliphatic carbocycles. The van der Waals surface area contributed by atoms with E-state index in [1.54, 1.807) is 0 Å². The third-order valence-corrected chi connectivity index (χ3v) is 19.8. The van der Waals surface area contributed by atoms with Crippen LogP contribution in [0.5, 0.6) is 0 Å². The van der Waals surface area contributed by atoms with Gasteiger partial charge in [0.15, 0.2) is 40.7 Å². The van der Waals surface area contributed by atoms with Crippen LogP contribution in [0.2, 0.25) is 0 Å². The molecule has 10 rings (SSSR count). The summed E-state index contributed by atoms with van der Waals surface area (Å²) in [6, 6.07) is 15.2. The fourth-order valence-electron chi connectivity index (χ4n) is 11.7. The first-order chi connectivity index (χ1) is 48.6. The van der Waals surface area contributed by atoms with E-state index in [0.717, 1.165) is 27.6 Å². The van der Waals surface area contributed by atoms with Gasteiger partial charge in [0.2, 0.25) is 5.90 Å². The van der Waals surface area contributed by atoms with Crippen LogP contribution in [0, 0.1) is 97.3 Å². The minimum atomic E-state index is -6.15. The quantitative estimate of drug-likeness (QED) is 0.0401. The molecule has 0 amide bonds. The summed E-state index contributed by atoms with van der Waals surface area (Å²) in [4.78, 5) is 4.99. The number of alkyl halides is 18. The number of aliphatic imine (C=N–C) groups is 1. The van der Waals surface area contributed by atoms with Gasteiger partial charge in [0.1, 0.15) is 24.4 Å². The van der Waals surface area contributed by atoms with Crippen molar-refractivity contribution in [2.45, 2.75) is 117 Å². The Morgan fingerprint density at radius 3 is 1.08 bits per heavy atom. The zero-order chi connectivity index (χ0) is 78.1. The number of nitrogens with zero attached hydrogens (tertiary/aromatic N) is 1. The van der Waals surface area contributed by atoms with E-state index in [2.05, 4.69) is 84.6 Å². The number of rotatable bonds is 12. The SMILES string of the molecule is Cc1ccccc1P(c1ccccc1C)c1cc(COCc2c(F)c(F)cc(F)c2F)ccc1C1=N[C@@H](C(C)(C)C)CO1.Fc1c(F)c(F)c([B-](c2cc(C(F)(F)F)cc(C(F)(F)F)c2)(c2cc(C(F)(F)F)cc(C(F)(F)F)c2)c2cc(C(F)(F)F)cc(C(F)(F)F)c2)c(F)c1F.[CH]1[CH]CC[CH][CH]CC1.[Ir]. The smallest absolute Gasteiger partial charge is 0.416 e. The van der Waals surface area contributed by atoms with Gasteiger partial charge in [-0.2, -0.15) is 95.4 Å². The molecule has 3 nitrogen and oxygen atoms in total. The molecule has 5 radical (unpaired) electrons. The standard InChI is InChI=1S/C35H34F4NO2P.C30H9BF23.C8H12.Ir/c1-21-10-6-8-12-28(21)43(29-13-9-7-11-22(29)2)30-16-23(14-15-24(30)34-40-31(20-42-34)35(3,4)5)18-41-19-25-32(38)26(36)17-27(37)33(25)39;32-20-19(21(33)23(35)24(36)22(20)34)31(16-4-10(25(37,38)39)1-11(5-16)26(40,41)42,17-6-12(27(43,44)45)2-13(7-17)28(46,47)48)18-8-14(29(49,50)51)3-15(9-18)30(52,53)54;1-2-4-6-8-7-5-3-1;/h6-17,31H,18-20H2,1-5H3;1-9H;1-2,7-8H,3-6H2;/q;-1;;/t31-;;;/m1.../s1. The van der Waals surface area contributed by atoms with Crippen LogP contribution in [0.1, 0.15) is 108 Å². The van der Waals surface area contributed by atoms with Crippen LogP contribution in [-0.2, 0) is 79.9 Å². The van der Waals surface area contributed by atoms with Crippen LogP contribution in [-0.4, -0.2) is 24.7 Å². The summed E-state index contributed by atoms with van der Waals surface area (Å²) in [5, 5.41) is 3.36. The summed E-state index contributed by atoms with van der Waals surface area (Å²) in [5.74, 6) is -22.1. The van der Waals surface area contributed by atoms with Gasteiger partial charge < -0.3 is 9.47 Å². The molecule has 0 bridgehead atoms. The van der Waals surface area contributed by atoms with Gasteiger partial charge in [0, 0.05) is 31.7 Å². The monoisotopic (exact) mass is 1730 g/mol. The van der Waals surface area contributed by atoms with Crippen molar-refractivity contribution < 1.29 is 148 Å². The molecule has 106 heavy (non-hydrogen) atoms. The van der Waals surface area contributed by atoms with Gasteiger partial charge >= 0.3 is 37.1 Å². The maximum atomic E-state index is 15.9. The number of halogens is 27. The van der Waals surface area contributed by atoms with Crippen LogP contribution in [0.3, 0.4) is 0 Å². The van der Waals surface area contributed by atoms with Crippen molar-refractivity contribution >= 4 is 57.7 Å². The van der Waals surface area contributed by atoms with E-state index in [1.807, 2.05) is 42.5 Å². The molecular formula is C73H55BF27IrNO2P-. The van der Waals surface area contributed by atoms with Gasteiger partial charge in [-0.25, -0.2) is 44.5 Å². The van der Waals surface area contributed by atoms with E-state index in [0.29, 0.717) is 12.5 Å². The molecule has 0 saturated heterocycles. The Morgan fingerprint density at radius 2 is 0.755 bits per heavy atom. The Kier molecular flexibility index (Phi) is 26.8. The van der Waals surface area contributed by atoms with E-state index < -0.39 is 225 Å². The number of hydrogen-bond acceptors (Lipinski definition) is 3. The van der Waals surface area contributed by atoms with Gasteiger partial charge in [-0.1, -0.05) is 112 Å². The van der Waals surface area contributed by atoms with E-state index in [4.69, 9.17) is 14.5 Å². The summed E-state index contributed by atoms with van der Waals surface area (Å²) < 4.78 is 397. The number of aryl methyl sites for hydroxylation is 2. The molecule has 1 heterocycles. The third kappa shape index (κ3) is 19.5. The number of ether oxygens (including phenoxy) is 2. The summed E-state index contributed by atoms with van der Waals surface area (Å²) in [7, 11) is -1.10. The van der Waals surface area contributed by atoms with Crippen LogP contribution in [0.25, 0.3) is 0 Å². The van der Waals surface area contributed by atoms with Crippen LogP contribution < -0.4 is 37.8 Å². The van der Waals surface area contributed by atoms with Gasteiger partial charge in [-0.05, 0) is 141 Å². The Hall–Kier alpha value is -7.56. The van der Waals surface area contributed by atoms with E-state index in [9.17, 15) is 110 Å². The zero-order valence-electron chi connectivity index (χ0n) is 55.3. The molecule has 571 valence electrons. The van der Waals surface area contributed by atoms with Crippen molar-refractivity contribution in [1.29, 1.82) is 0 Å². The van der Waals surface area contributed by atoms with Gasteiger partial charge in [0.25, 0.3) is 0 Å². The molecule has 2 aliphatic rings. The molecule has 1 fully saturated rings. The summed E-state index contributed by atoms with van der Waals surface area (Å²) in [5.41, 5.74) is -23.5. The first-order valence-corrected chi connectivity index (χ1v) is 32.4. The second-order valence-corrected chi connectivity index (χ2v) is 27.4. The van der Waals surface area contributed by atoms with Gasteiger partial charge in [-0.3, -0.25) is 0 Å². The second kappa shape index (κ2) is 33.1. The molecule has 33 heteroatoms. The minimum absolute atomic E-state index is 0. The summed E-state index contributed by atoms with van der Waals surface area (Å²) in [6.45, 7) is 10.4. The number of benzene rings is 8. The first-order valence-electron chi connectivity index (χ1n) is 31.1. The molecule has 1 aliphatic heterocycles. The average Bonchev–Trinajstić information content (AvgIpc) is 0.723. The topological polar surface area (TPSA) is 30.8 Å². The van der Waals surface area contributed by atoms with Crippen LogP contribution in [0.4, 0.5) is 119 Å². The van der Waals surface area contributed by atoms with Crippen molar-refractivity contribution in [3.05, 3.63) is 267 Å². The largest absolute Gasteiger partial charge is 0.475 e. The molecule has 0 unspecified atom stereocenters. The van der Waals surface area contributed by atoms with Crippen molar-refractivity contribution in [3.63, 3.8) is 0 Å². The average molecular weight is 1730 g/mol. The maximum absolute atomic E-state index is 15.9. The summed E-state index contributed by atoms with van der Waals surface area (Å²) >= 11 is 0. The Morgan fingerprint density at radius 1 is 0.415 bits per heavy atom. The van der Waals surface area contributed by atoms with Gasteiger partial charge in [-0.15, -0.1) is 5.46 Å². The fourth-order valence-corrected chi connectivity index (χ4v) is 14.5. The predicted octanol–water partition coefficient (Wildman–Crippen LogP) is 19.8. The van der Waals surface area contributed by atoms with Gasteiger partial charge in [0.05, 0.1) is 58.2 Å². The molecular weight excluding hydrogens is 1670 g/mol. The molecule has 0 N–H and O–H groups in total. The minimum Gasteiger partial charge on any atom is -0.475 e. The van der Waals surface area contributed by atoms with Crippen LogP contribution >= 0.6 is 7.92 Å². The van der Waals surface area contributed by atoms with Crippen LogP contribution in [0.15, 0.2) is 132 Å². The van der Waals surface area contributed by atoms with Crippen molar-refractivity contribution in [1.82, 2.24) is 0 Å². The van der Waals surface area contributed by atoms with E-state index in [1.165, 1.54) is 36.3 Å². The second-order valence-electron chi connectivity index (χ2n) is 25.3.